The second-order valence-electron chi connectivity index (χ2n) is 5.60. The van der Waals surface area contributed by atoms with Crippen LogP contribution in [0.3, 0.4) is 0 Å². The normalized spacial score (nSPS) is 10.4. The number of methoxy groups -OCH3 is 1. The summed E-state index contributed by atoms with van der Waals surface area (Å²) >= 11 is 5.96. The van der Waals surface area contributed by atoms with Gasteiger partial charge in [0.15, 0.2) is 11.5 Å². The fourth-order valence-corrected chi connectivity index (χ4v) is 2.51. The van der Waals surface area contributed by atoms with Gasteiger partial charge in [-0.05, 0) is 36.4 Å². The Kier molecular flexibility index (Phi) is 5.85. The number of ether oxygens (including phenoxy) is 1. The van der Waals surface area contributed by atoms with Crippen molar-refractivity contribution in [2.75, 3.05) is 24.4 Å². The first-order valence-corrected chi connectivity index (χ1v) is 8.36. The molecule has 0 bridgehead atoms. The Hall–Kier alpha value is -3.16. The van der Waals surface area contributed by atoms with E-state index >= 15 is 0 Å². The first-order chi connectivity index (χ1) is 13.0. The van der Waals surface area contributed by atoms with Crippen molar-refractivity contribution in [3.63, 3.8) is 0 Å². The molecule has 0 aliphatic heterocycles. The van der Waals surface area contributed by atoms with Crippen LogP contribution in [0.1, 0.15) is 10.5 Å². The number of nitrogens with one attached hydrogen (secondary N) is 2. The van der Waals surface area contributed by atoms with Crippen LogP contribution in [-0.4, -0.2) is 30.7 Å². The largest absolute Gasteiger partial charge is 0.375 e. The van der Waals surface area contributed by atoms with E-state index in [4.69, 9.17) is 20.9 Å². The predicted molar refractivity (Wildman–Crippen MR) is 102 cm³/mol. The van der Waals surface area contributed by atoms with Crippen molar-refractivity contribution in [1.29, 1.82) is 0 Å². The highest BCUT2D eigenvalue weighted by Crippen LogP contribution is 2.24. The molecule has 8 heteroatoms. The van der Waals surface area contributed by atoms with Gasteiger partial charge < -0.3 is 19.9 Å². The molecule has 2 N–H and O–H groups in total. The Morgan fingerprint density at radius 1 is 1.07 bits per heavy atom. The molecule has 3 rings (SSSR count). The first-order valence-electron chi connectivity index (χ1n) is 7.98. The molecule has 3 aromatic rings. The van der Waals surface area contributed by atoms with Crippen LogP contribution in [0, 0.1) is 0 Å². The lowest BCUT2D eigenvalue weighted by atomic mass is 10.1. The van der Waals surface area contributed by atoms with Gasteiger partial charge in [-0.1, -0.05) is 28.9 Å². The van der Waals surface area contributed by atoms with Crippen molar-refractivity contribution in [1.82, 2.24) is 5.16 Å². The van der Waals surface area contributed by atoms with E-state index < -0.39 is 5.91 Å². The van der Waals surface area contributed by atoms with Crippen molar-refractivity contribution < 1.29 is 18.8 Å². The van der Waals surface area contributed by atoms with Gasteiger partial charge in [-0.3, -0.25) is 9.59 Å². The second kappa shape index (κ2) is 8.48. The highest BCUT2D eigenvalue weighted by atomic mass is 35.5. The van der Waals surface area contributed by atoms with E-state index in [-0.39, 0.29) is 18.2 Å². The molecule has 1 aromatic heterocycles. The van der Waals surface area contributed by atoms with E-state index in [0.29, 0.717) is 22.2 Å². The number of anilines is 2. The van der Waals surface area contributed by atoms with Crippen LogP contribution in [0.5, 0.6) is 0 Å². The Labute approximate surface area is 160 Å². The predicted octanol–water partition coefficient (Wildman–Crippen LogP) is 3.83. The van der Waals surface area contributed by atoms with Gasteiger partial charge >= 0.3 is 0 Å². The van der Waals surface area contributed by atoms with E-state index in [1.807, 2.05) is 6.07 Å². The topological polar surface area (TPSA) is 93.5 Å². The van der Waals surface area contributed by atoms with Gasteiger partial charge in [0.05, 0.1) is 0 Å². The number of amides is 2. The molecule has 0 saturated carbocycles. The third kappa shape index (κ3) is 4.93. The molecule has 0 aliphatic rings. The van der Waals surface area contributed by atoms with Gasteiger partial charge in [0.25, 0.3) is 5.91 Å². The number of benzene rings is 2. The molecule has 2 amide bonds. The summed E-state index contributed by atoms with van der Waals surface area (Å²) in [5, 5.41) is 9.74. The zero-order valence-electron chi connectivity index (χ0n) is 14.4. The van der Waals surface area contributed by atoms with Crippen LogP contribution < -0.4 is 10.6 Å². The van der Waals surface area contributed by atoms with Crippen molar-refractivity contribution in [3.8, 4) is 11.3 Å². The van der Waals surface area contributed by atoms with Crippen LogP contribution in [0.2, 0.25) is 5.02 Å². The summed E-state index contributed by atoms with van der Waals surface area (Å²) in [5.74, 6) is -0.229. The Morgan fingerprint density at radius 3 is 2.44 bits per heavy atom. The molecule has 0 atom stereocenters. The Balaban J connectivity index is 1.65. The average molecular weight is 386 g/mol. The smallest absolute Gasteiger partial charge is 0.277 e. The summed E-state index contributed by atoms with van der Waals surface area (Å²) in [5.41, 5.74) is 2.02. The maximum absolute atomic E-state index is 12.3. The van der Waals surface area contributed by atoms with Gasteiger partial charge in [0.2, 0.25) is 5.91 Å². The highest BCUT2D eigenvalue weighted by molar-refractivity contribution is 6.30. The lowest BCUT2D eigenvalue weighted by molar-refractivity contribution is -0.119. The molecular formula is C19H16ClN3O4. The summed E-state index contributed by atoms with van der Waals surface area (Å²) < 4.78 is 9.97. The molecule has 138 valence electrons. The molecule has 0 unspecified atom stereocenters. The molecule has 0 radical (unpaired) electrons. The third-order valence-electron chi connectivity index (χ3n) is 3.55. The minimum atomic E-state index is -0.414. The van der Waals surface area contributed by atoms with Crippen LogP contribution in [0.4, 0.5) is 11.4 Å². The number of halogens is 1. The molecule has 0 fully saturated rings. The maximum atomic E-state index is 12.3. The lowest BCUT2D eigenvalue weighted by Crippen LogP contribution is -2.17. The third-order valence-corrected chi connectivity index (χ3v) is 3.79. The molecule has 0 saturated heterocycles. The van der Waals surface area contributed by atoms with E-state index in [2.05, 4.69) is 15.8 Å². The summed E-state index contributed by atoms with van der Waals surface area (Å²) in [6, 6.07) is 15.3. The zero-order chi connectivity index (χ0) is 19.2. The van der Waals surface area contributed by atoms with Crippen LogP contribution in [-0.2, 0) is 9.53 Å². The van der Waals surface area contributed by atoms with E-state index in [1.54, 1.807) is 48.5 Å². The lowest BCUT2D eigenvalue weighted by Gasteiger charge is -2.06. The standard InChI is InChI=1S/C19H16ClN3O4/c1-26-11-18(24)21-14-5-7-15(8-6-14)22-19(25)16-10-17(27-23-16)12-3-2-4-13(20)9-12/h2-10H,11H2,1H3,(H,21,24)(H,22,25). The van der Waals surface area contributed by atoms with Crippen LogP contribution in [0.15, 0.2) is 59.1 Å². The maximum Gasteiger partial charge on any atom is 0.277 e. The minimum absolute atomic E-state index is 0.0282. The number of hydrogen-bond donors (Lipinski definition) is 2. The molecule has 2 aromatic carbocycles. The summed E-state index contributed by atoms with van der Waals surface area (Å²) in [6.07, 6.45) is 0. The van der Waals surface area contributed by atoms with E-state index in [0.717, 1.165) is 5.56 Å². The van der Waals surface area contributed by atoms with Gasteiger partial charge in [-0.2, -0.15) is 0 Å². The monoisotopic (exact) mass is 385 g/mol. The molecule has 27 heavy (non-hydrogen) atoms. The molecule has 0 aliphatic carbocycles. The van der Waals surface area contributed by atoms with Crippen LogP contribution in [0.25, 0.3) is 11.3 Å². The molecule has 0 spiro atoms. The fourth-order valence-electron chi connectivity index (χ4n) is 2.32. The van der Waals surface area contributed by atoms with E-state index in [1.165, 1.54) is 7.11 Å². The van der Waals surface area contributed by atoms with Crippen molar-refractivity contribution in [2.45, 2.75) is 0 Å². The van der Waals surface area contributed by atoms with Crippen LogP contribution >= 0.6 is 11.6 Å². The fraction of sp³-hybridized carbons (Fsp3) is 0.105. The van der Waals surface area contributed by atoms with Crippen molar-refractivity contribution in [2.24, 2.45) is 0 Å². The quantitative estimate of drug-likeness (QED) is 0.672. The Bertz CT molecular complexity index is 954. The highest BCUT2D eigenvalue weighted by Gasteiger charge is 2.14. The summed E-state index contributed by atoms with van der Waals surface area (Å²) in [6.45, 7) is -0.0282. The Morgan fingerprint density at radius 2 is 1.78 bits per heavy atom. The number of carbonyl (C=O) groups excluding carboxylic acids is 2. The average Bonchev–Trinajstić information content (AvgIpc) is 3.14. The van der Waals surface area contributed by atoms with Gasteiger partial charge in [0.1, 0.15) is 6.61 Å². The molecular weight excluding hydrogens is 370 g/mol. The zero-order valence-corrected chi connectivity index (χ0v) is 15.1. The van der Waals surface area contributed by atoms with Crippen molar-refractivity contribution >= 4 is 34.8 Å². The van der Waals surface area contributed by atoms with Gasteiger partial charge in [0, 0.05) is 35.1 Å². The van der Waals surface area contributed by atoms with Gasteiger partial charge in [-0.15, -0.1) is 0 Å². The molecule has 1 heterocycles. The number of rotatable bonds is 6. The summed E-state index contributed by atoms with van der Waals surface area (Å²) in [7, 11) is 1.44. The number of nitrogens with zero attached hydrogens (tertiary/aromatic N) is 1. The van der Waals surface area contributed by atoms with Gasteiger partial charge in [-0.25, -0.2) is 0 Å². The second-order valence-corrected chi connectivity index (χ2v) is 6.04. The minimum Gasteiger partial charge on any atom is -0.375 e. The number of carbonyl (C=O) groups is 2. The SMILES string of the molecule is COCC(=O)Nc1ccc(NC(=O)c2cc(-c3cccc(Cl)c3)on2)cc1. The first kappa shape index (κ1) is 18.6. The summed E-state index contributed by atoms with van der Waals surface area (Å²) in [4.78, 5) is 23.8. The molecule has 7 nitrogen and oxygen atoms in total. The number of aromatic nitrogens is 1. The van der Waals surface area contributed by atoms with Crippen molar-refractivity contribution in [3.05, 3.63) is 65.3 Å². The van der Waals surface area contributed by atoms with E-state index in [9.17, 15) is 9.59 Å². The number of hydrogen-bond acceptors (Lipinski definition) is 5.